The predicted molar refractivity (Wildman–Crippen MR) is 240 cm³/mol. The van der Waals surface area contributed by atoms with Gasteiger partial charge in [-0.05, 0) is 38.5 Å². The molecule has 0 aromatic carbocycles. The van der Waals surface area contributed by atoms with E-state index in [1.165, 1.54) is 19.3 Å². The van der Waals surface area contributed by atoms with E-state index in [-0.39, 0.29) is 18.9 Å². The molecule has 66 heavy (non-hydrogen) atoms. The molecule has 1 amide bonds. The molecule has 0 aromatic heterocycles. The van der Waals surface area contributed by atoms with Gasteiger partial charge in [0.2, 0.25) is 5.91 Å². The number of aliphatic hydroxyl groups excluding tert-OH is 11. The van der Waals surface area contributed by atoms with E-state index in [9.17, 15) is 61.0 Å². The summed E-state index contributed by atoms with van der Waals surface area (Å²) in [6, 6.07) is -0.888. The maximum absolute atomic E-state index is 13.2. The molecular formula is C47H85NO18. The highest BCUT2D eigenvalue weighted by atomic mass is 16.8. The van der Waals surface area contributed by atoms with Crippen molar-refractivity contribution in [3.05, 3.63) is 24.3 Å². The second-order valence-electron chi connectivity index (χ2n) is 17.9. The van der Waals surface area contributed by atoms with E-state index < -0.39 is 124 Å². The summed E-state index contributed by atoms with van der Waals surface area (Å²) in [5, 5.41) is 119. The smallest absolute Gasteiger partial charge is 0.220 e. The fourth-order valence-electron chi connectivity index (χ4n) is 8.35. The van der Waals surface area contributed by atoms with Gasteiger partial charge in [0.15, 0.2) is 18.9 Å². The molecule has 3 rings (SSSR count). The van der Waals surface area contributed by atoms with E-state index in [4.69, 9.17) is 28.4 Å². The Bertz CT molecular complexity index is 1330. The lowest BCUT2D eigenvalue weighted by atomic mass is 9.96. The van der Waals surface area contributed by atoms with E-state index in [2.05, 4.69) is 43.5 Å². The minimum Gasteiger partial charge on any atom is -0.394 e. The number of carbonyl (C=O) groups excluding carboxylic acids is 1. The summed E-state index contributed by atoms with van der Waals surface area (Å²) < 4.78 is 34.1. The van der Waals surface area contributed by atoms with Gasteiger partial charge in [-0.25, -0.2) is 0 Å². The molecule has 0 saturated carbocycles. The van der Waals surface area contributed by atoms with Gasteiger partial charge in [-0.15, -0.1) is 0 Å². The number of rotatable bonds is 33. The van der Waals surface area contributed by atoms with E-state index in [1.807, 2.05) is 0 Å². The molecule has 0 aromatic rings. The van der Waals surface area contributed by atoms with E-state index in [0.29, 0.717) is 12.8 Å². The lowest BCUT2D eigenvalue weighted by Gasteiger charge is -2.48. The summed E-state index contributed by atoms with van der Waals surface area (Å²) >= 11 is 0. The summed E-state index contributed by atoms with van der Waals surface area (Å²) in [6.07, 6.45) is 0.321. The van der Waals surface area contributed by atoms with Crippen LogP contribution in [0.1, 0.15) is 136 Å². The molecule has 3 aliphatic rings. The van der Waals surface area contributed by atoms with Crippen molar-refractivity contribution >= 4 is 5.91 Å². The zero-order chi connectivity index (χ0) is 48.4. The van der Waals surface area contributed by atoms with Crippen LogP contribution < -0.4 is 5.32 Å². The molecule has 17 unspecified atom stereocenters. The monoisotopic (exact) mass is 952 g/mol. The molecular weight excluding hydrogens is 867 g/mol. The summed E-state index contributed by atoms with van der Waals surface area (Å²) in [4.78, 5) is 13.2. The molecule has 19 heteroatoms. The Morgan fingerprint density at radius 2 is 1.03 bits per heavy atom. The molecule has 0 aliphatic carbocycles. The summed E-state index contributed by atoms with van der Waals surface area (Å²) in [6.45, 7) is 1.62. The molecule has 3 fully saturated rings. The minimum absolute atomic E-state index is 0.249. The number of aliphatic hydroxyl groups is 11. The first-order valence-electron chi connectivity index (χ1n) is 24.6. The Morgan fingerprint density at radius 1 is 0.545 bits per heavy atom. The number of hydrogen-bond donors (Lipinski definition) is 12. The lowest BCUT2D eigenvalue weighted by Crippen LogP contribution is -2.66. The molecule has 3 heterocycles. The Morgan fingerprint density at radius 3 is 1.61 bits per heavy atom. The molecule has 3 saturated heterocycles. The van der Waals surface area contributed by atoms with Gasteiger partial charge in [0.1, 0.15) is 73.2 Å². The van der Waals surface area contributed by atoms with Gasteiger partial charge in [0.25, 0.3) is 0 Å². The van der Waals surface area contributed by atoms with Gasteiger partial charge in [0.05, 0.1) is 38.6 Å². The van der Waals surface area contributed by atoms with Crippen LogP contribution in [-0.2, 0) is 33.2 Å². The van der Waals surface area contributed by atoms with Crippen LogP contribution >= 0.6 is 0 Å². The molecule has 19 nitrogen and oxygen atoms in total. The Hall–Kier alpha value is -1.73. The van der Waals surface area contributed by atoms with Crippen LogP contribution in [0.3, 0.4) is 0 Å². The first kappa shape index (κ1) is 58.6. The van der Waals surface area contributed by atoms with E-state index >= 15 is 0 Å². The van der Waals surface area contributed by atoms with Crippen molar-refractivity contribution < 1.29 is 89.4 Å². The second kappa shape index (κ2) is 33.0. The van der Waals surface area contributed by atoms with Gasteiger partial charge in [-0.2, -0.15) is 0 Å². The van der Waals surface area contributed by atoms with Crippen molar-refractivity contribution in [1.82, 2.24) is 5.32 Å². The number of ether oxygens (including phenoxy) is 6. The maximum atomic E-state index is 13.2. The number of amides is 1. The van der Waals surface area contributed by atoms with Crippen molar-refractivity contribution in [3.8, 4) is 0 Å². The van der Waals surface area contributed by atoms with Gasteiger partial charge in [-0.3, -0.25) is 4.79 Å². The van der Waals surface area contributed by atoms with Gasteiger partial charge < -0.3 is 89.9 Å². The normalized spacial score (nSPS) is 34.0. The van der Waals surface area contributed by atoms with Gasteiger partial charge in [-0.1, -0.05) is 115 Å². The zero-order valence-electron chi connectivity index (χ0n) is 39.2. The largest absolute Gasteiger partial charge is 0.394 e. The number of hydrogen-bond acceptors (Lipinski definition) is 18. The zero-order valence-corrected chi connectivity index (χ0v) is 39.2. The molecule has 0 spiro atoms. The van der Waals surface area contributed by atoms with Crippen molar-refractivity contribution in [2.45, 2.75) is 240 Å². The fraction of sp³-hybridized carbons (Fsp3) is 0.894. The number of carbonyl (C=O) groups is 1. The van der Waals surface area contributed by atoms with Crippen LogP contribution in [0, 0.1) is 0 Å². The molecule has 386 valence electrons. The SMILES string of the molecule is CCC/C=C\C/C=C\CCCCCCCC(=O)NC(COC1OC(CO)C(OC2OC(CO)C(OC3OC(CO)C(O)C(O)C3O)C(O)C2O)C(O)C1O)C(O)CCCCCCCCCC. The average Bonchev–Trinajstić information content (AvgIpc) is 3.31. The highest BCUT2D eigenvalue weighted by Gasteiger charge is 2.53. The maximum Gasteiger partial charge on any atom is 0.220 e. The molecule has 17 atom stereocenters. The van der Waals surface area contributed by atoms with Crippen LogP contribution in [0.25, 0.3) is 0 Å². The van der Waals surface area contributed by atoms with Crippen LogP contribution in [0.2, 0.25) is 0 Å². The average molecular weight is 952 g/mol. The molecule has 0 radical (unpaired) electrons. The molecule has 3 aliphatic heterocycles. The first-order valence-corrected chi connectivity index (χ1v) is 24.6. The highest BCUT2D eigenvalue weighted by Crippen LogP contribution is 2.33. The standard InChI is InChI=1S/C47H85NO18/c1-3-5-7-9-11-13-14-15-16-17-19-21-23-25-35(53)48-30(31(52)24-22-20-18-12-10-8-6-4-2)29-61-45-41(59)38(56)43(33(27-50)63-45)66-47-42(60)39(57)44(34(28-51)64-47)65-46-40(58)37(55)36(54)32(26-49)62-46/h7,9,13-14,30-34,36-47,49-52,54-60H,3-6,8,10-12,15-29H2,1-2H3,(H,48,53)/b9-7-,14-13-. The summed E-state index contributed by atoms with van der Waals surface area (Å²) in [5.41, 5.74) is 0. The van der Waals surface area contributed by atoms with Crippen molar-refractivity contribution in [2.24, 2.45) is 0 Å². The van der Waals surface area contributed by atoms with Crippen LogP contribution in [0.5, 0.6) is 0 Å². The van der Waals surface area contributed by atoms with Gasteiger partial charge in [0, 0.05) is 6.42 Å². The molecule has 12 N–H and O–H groups in total. The third-order valence-corrected chi connectivity index (χ3v) is 12.5. The summed E-state index contributed by atoms with van der Waals surface area (Å²) in [5.74, 6) is -0.264. The molecule has 0 bridgehead atoms. The number of unbranched alkanes of at least 4 members (excludes halogenated alkanes) is 13. The predicted octanol–water partition coefficient (Wildman–Crippen LogP) is 0.861. The lowest BCUT2D eigenvalue weighted by molar-refractivity contribution is -0.379. The van der Waals surface area contributed by atoms with Crippen LogP contribution in [0.15, 0.2) is 24.3 Å². The summed E-state index contributed by atoms with van der Waals surface area (Å²) in [7, 11) is 0. The highest BCUT2D eigenvalue weighted by molar-refractivity contribution is 5.76. The van der Waals surface area contributed by atoms with Crippen molar-refractivity contribution in [1.29, 1.82) is 0 Å². The Kier molecular flexibility index (Phi) is 29.3. The van der Waals surface area contributed by atoms with E-state index in [1.54, 1.807) is 0 Å². The Labute approximate surface area is 390 Å². The minimum atomic E-state index is -1.97. The van der Waals surface area contributed by atoms with E-state index in [0.717, 1.165) is 83.5 Å². The third kappa shape index (κ3) is 19.2. The first-order chi connectivity index (χ1) is 31.8. The second-order valence-corrected chi connectivity index (χ2v) is 17.9. The van der Waals surface area contributed by atoms with Crippen molar-refractivity contribution in [3.63, 3.8) is 0 Å². The Balaban J connectivity index is 1.56. The van der Waals surface area contributed by atoms with Gasteiger partial charge >= 0.3 is 0 Å². The quantitative estimate of drug-likeness (QED) is 0.0321. The third-order valence-electron chi connectivity index (χ3n) is 12.5. The fourth-order valence-corrected chi connectivity index (χ4v) is 8.35. The topological polar surface area (TPSA) is 307 Å². The van der Waals surface area contributed by atoms with Crippen LogP contribution in [-0.4, -0.2) is 193 Å². The van der Waals surface area contributed by atoms with Crippen LogP contribution in [0.4, 0.5) is 0 Å². The number of allylic oxidation sites excluding steroid dienone is 4. The number of nitrogens with one attached hydrogen (secondary N) is 1. The van der Waals surface area contributed by atoms with Crippen molar-refractivity contribution in [2.75, 3.05) is 26.4 Å².